The van der Waals surface area contributed by atoms with Crippen molar-refractivity contribution in [2.75, 3.05) is 11.5 Å². The topological polar surface area (TPSA) is 66.4 Å². The van der Waals surface area contributed by atoms with Crippen molar-refractivity contribution in [1.82, 2.24) is 5.32 Å². The summed E-state index contributed by atoms with van der Waals surface area (Å²) >= 11 is 1.62. The van der Waals surface area contributed by atoms with Crippen LogP contribution in [0.2, 0.25) is 0 Å². The Balaban J connectivity index is 2.18. The molecule has 1 atom stereocenters. The Kier molecular flexibility index (Phi) is 4.94. The van der Waals surface area contributed by atoms with Gasteiger partial charge in [0.05, 0.1) is 0 Å². The molecule has 0 heterocycles. The van der Waals surface area contributed by atoms with Gasteiger partial charge in [0.25, 0.3) is 0 Å². The summed E-state index contributed by atoms with van der Waals surface area (Å²) in [5, 5.41) is 11.3. The van der Waals surface area contributed by atoms with E-state index in [0.717, 1.165) is 11.7 Å². The Labute approximate surface area is 93.8 Å². The zero-order valence-corrected chi connectivity index (χ0v) is 9.68. The maximum absolute atomic E-state index is 10.8. The number of amides is 1. The fourth-order valence-corrected chi connectivity index (χ4v) is 2.70. The molecule has 1 rings (SSSR count). The number of hydrogen-bond donors (Lipinski definition) is 2. The number of rotatable bonds is 6. The first kappa shape index (κ1) is 12.4. The molecule has 1 aliphatic rings. The van der Waals surface area contributed by atoms with Crippen LogP contribution in [0.5, 0.6) is 0 Å². The van der Waals surface area contributed by atoms with Gasteiger partial charge in [0.1, 0.15) is 6.04 Å². The third kappa shape index (κ3) is 4.55. The molecule has 15 heavy (non-hydrogen) atoms. The summed E-state index contributed by atoms with van der Waals surface area (Å²) in [7, 11) is 0. The zero-order valence-electron chi connectivity index (χ0n) is 8.86. The fraction of sp³-hybridized carbons (Fsp3) is 0.800. The lowest BCUT2D eigenvalue weighted by Crippen LogP contribution is -2.41. The lowest BCUT2D eigenvalue weighted by Gasteiger charge is -2.25. The van der Waals surface area contributed by atoms with E-state index in [-0.39, 0.29) is 5.91 Å². The van der Waals surface area contributed by atoms with Crippen LogP contribution in [0.4, 0.5) is 0 Å². The predicted octanol–water partition coefficient (Wildman–Crippen LogP) is 1.11. The lowest BCUT2D eigenvalue weighted by molar-refractivity contribution is -0.140. The van der Waals surface area contributed by atoms with Crippen LogP contribution in [0.25, 0.3) is 0 Å². The second kappa shape index (κ2) is 6.00. The predicted molar refractivity (Wildman–Crippen MR) is 59.9 cm³/mol. The minimum absolute atomic E-state index is 0.286. The molecular weight excluding hydrogens is 214 g/mol. The summed E-state index contributed by atoms with van der Waals surface area (Å²) in [6, 6.07) is -0.743. The molecule has 1 saturated carbocycles. The average molecular weight is 231 g/mol. The number of carbonyl (C=O) groups excluding carboxylic acids is 1. The average Bonchev–Trinajstić information content (AvgIpc) is 2.06. The molecule has 1 unspecified atom stereocenters. The van der Waals surface area contributed by atoms with Crippen LogP contribution in [-0.4, -0.2) is 34.5 Å². The molecule has 1 fully saturated rings. The van der Waals surface area contributed by atoms with E-state index in [1.54, 1.807) is 11.8 Å². The Morgan fingerprint density at radius 2 is 2.20 bits per heavy atom. The van der Waals surface area contributed by atoms with Crippen LogP contribution in [0.1, 0.15) is 26.2 Å². The molecule has 1 aliphatic carbocycles. The molecule has 4 nitrogen and oxygen atoms in total. The van der Waals surface area contributed by atoms with E-state index < -0.39 is 12.0 Å². The SMILES string of the molecule is CC(=O)NC(CSCC1CCC1)C(=O)O. The van der Waals surface area contributed by atoms with Crippen LogP contribution in [0.15, 0.2) is 0 Å². The lowest BCUT2D eigenvalue weighted by atomic mass is 9.87. The Morgan fingerprint density at radius 1 is 1.53 bits per heavy atom. The summed E-state index contributed by atoms with van der Waals surface area (Å²) < 4.78 is 0. The molecule has 2 N–H and O–H groups in total. The van der Waals surface area contributed by atoms with Gasteiger partial charge >= 0.3 is 5.97 Å². The zero-order chi connectivity index (χ0) is 11.3. The first-order chi connectivity index (χ1) is 7.09. The van der Waals surface area contributed by atoms with Crippen molar-refractivity contribution >= 4 is 23.6 Å². The molecule has 0 saturated heterocycles. The quantitative estimate of drug-likeness (QED) is 0.718. The van der Waals surface area contributed by atoms with Gasteiger partial charge in [-0.2, -0.15) is 11.8 Å². The smallest absolute Gasteiger partial charge is 0.327 e. The van der Waals surface area contributed by atoms with Crippen LogP contribution in [0.3, 0.4) is 0 Å². The number of carbonyl (C=O) groups is 2. The van der Waals surface area contributed by atoms with Gasteiger partial charge in [0.2, 0.25) is 5.91 Å². The molecule has 1 amide bonds. The molecule has 0 aromatic rings. The van der Waals surface area contributed by atoms with Crippen molar-refractivity contribution in [3.05, 3.63) is 0 Å². The third-order valence-corrected chi connectivity index (χ3v) is 3.81. The maximum Gasteiger partial charge on any atom is 0.327 e. The summed E-state index contributed by atoms with van der Waals surface area (Å²) in [6.07, 6.45) is 3.84. The van der Waals surface area contributed by atoms with Gasteiger partial charge in [-0.3, -0.25) is 4.79 Å². The van der Waals surface area contributed by atoms with Gasteiger partial charge in [-0.05, 0) is 24.5 Å². The normalized spacial score (nSPS) is 17.9. The Bertz CT molecular complexity index is 241. The highest BCUT2D eigenvalue weighted by molar-refractivity contribution is 7.99. The van der Waals surface area contributed by atoms with E-state index in [2.05, 4.69) is 5.32 Å². The van der Waals surface area contributed by atoms with E-state index in [0.29, 0.717) is 5.75 Å². The van der Waals surface area contributed by atoms with Crippen LogP contribution >= 0.6 is 11.8 Å². The second-order valence-electron chi connectivity index (χ2n) is 3.93. The Morgan fingerprint density at radius 3 is 2.60 bits per heavy atom. The molecule has 0 spiro atoms. The third-order valence-electron chi connectivity index (χ3n) is 2.54. The van der Waals surface area contributed by atoms with Crippen molar-refractivity contribution in [3.63, 3.8) is 0 Å². The summed E-state index contributed by atoms with van der Waals surface area (Å²) in [5.74, 6) is 1.01. The standard InChI is InChI=1S/C10H17NO3S/c1-7(12)11-9(10(13)14)6-15-5-8-3-2-4-8/h8-9H,2-6H2,1H3,(H,11,12)(H,13,14). The van der Waals surface area contributed by atoms with Gasteiger partial charge < -0.3 is 10.4 Å². The summed E-state index contributed by atoms with van der Waals surface area (Å²) in [4.78, 5) is 21.5. The number of carboxylic acid groups (broad SMARTS) is 1. The molecule has 0 aromatic carbocycles. The first-order valence-corrected chi connectivity index (χ1v) is 6.32. The fourth-order valence-electron chi connectivity index (χ4n) is 1.43. The highest BCUT2D eigenvalue weighted by atomic mass is 32.2. The van der Waals surface area contributed by atoms with E-state index in [1.165, 1.54) is 26.2 Å². The monoisotopic (exact) mass is 231 g/mol. The number of carboxylic acids is 1. The van der Waals surface area contributed by atoms with E-state index in [1.807, 2.05) is 0 Å². The summed E-state index contributed by atoms with van der Waals surface area (Å²) in [5.41, 5.74) is 0. The van der Waals surface area contributed by atoms with Crippen LogP contribution in [-0.2, 0) is 9.59 Å². The van der Waals surface area contributed by atoms with Crippen LogP contribution in [0, 0.1) is 5.92 Å². The maximum atomic E-state index is 10.8. The molecule has 0 aromatic heterocycles. The van der Waals surface area contributed by atoms with Gasteiger partial charge in [-0.15, -0.1) is 0 Å². The van der Waals surface area contributed by atoms with E-state index >= 15 is 0 Å². The van der Waals surface area contributed by atoms with Crippen molar-refractivity contribution in [2.24, 2.45) is 5.92 Å². The number of nitrogens with one attached hydrogen (secondary N) is 1. The number of aliphatic carboxylic acids is 1. The largest absolute Gasteiger partial charge is 0.480 e. The molecular formula is C10H17NO3S. The number of thioether (sulfide) groups is 1. The van der Waals surface area contributed by atoms with Crippen LogP contribution < -0.4 is 5.32 Å². The highest BCUT2D eigenvalue weighted by Gasteiger charge is 2.21. The molecule has 0 aliphatic heterocycles. The van der Waals surface area contributed by atoms with E-state index in [9.17, 15) is 9.59 Å². The Hall–Kier alpha value is -0.710. The van der Waals surface area contributed by atoms with E-state index in [4.69, 9.17) is 5.11 Å². The van der Waals surface area contributed by atoms with Gasteiger partial charge in [-0.1, -0.05) is 6.42 Å². The van der Waals surface area contributed by atoms with Gasteiger partial charge in [0.15, 0.2) is 0 Å². The minimum Gasteiger partial charge on any atom is -0.480 e. The van der Waals surface area contributed by atoms with Crippen molar-refractivity contribution in [1.29, 1.82) is 0 Å². The minimum atomic E-state index is -0.952. The van der Waals surface area contributed by atoms with Gasteiger partial charge in [0, 0.05) is 12.7 Å². The number of hydrogen-bond acceptors (Lipinski definition) is 3. The molecule has 5 heteroatoms. The van der Waals surface area contributed by atoms with Crippen molar-refractivity contribution < 1.29 is 14.7 Å². The van der Waals surface area contributed by atoms with Crippen molar-refractivity contribution in [2.45, 2.75) is 32.2 Å². The molecule has 0 bridgehead atoms. The second-order valence-corrected chi connectivity index (χ2v) is 5.00. The van der Waals surface area contributed by atoms with Crippen molar-refractivity contribution in [3.8, 4) is 0 Å². The first-order valence-electron chi connectivity index (χ1n) is 5.17. The van der Waals surface area contributed by atoms with Gasteiger partial charge in [-0.25, -0.2) is 4.79 Å². The molecule has 0 radical (unpaired) electrons. The summed E-state index contributed by atoms with van der Waals surface area (Å²) in [6.45, 7) is 1.34. The molecule has 86 valence electrons. The highest BCUT2D eigenvalue weighted by Crippen LogP contribution is 2.29.